The van der Waals surface area contributed by atoms with Gasteiger partial charge in [0, 0.05) is 25.3 Å². The molecule has 0 atom stereocenters. The lowest BCUT2D eigenvalue weighted by molar-refractivity contribution is -0.137. The first-order chi connectivity index (χ1) is 17.6. The van der Waals surface area contributed by atoms with Gasteiger partial charge in [-0.15, -0.1) is 0 Å². The zero-order valence-electron chi connectivity index (χ0n) is 22.3. The molecule has 2 amide bonds. The molecule has 0 bridgehead atoms. The maximum absolute atomic E-state index is 13.8. The largest absolute Gasteiger partial charge is 0.355 e. The molecule has 2 aliphatic heterocycles. The average molecular weight is 527 g/mol. The van der Waals surface area contributed by atoms with Gasteiger partial charge in [0.2, 0.25) is 21.8 Å². The number of nitrogens with zero attached hydrogens (tertiary/aromatic N) is 3. The molecule has 200 valence electrons. The van der Waals surface area contributed by atoms with Crippen LogP contribution >= 0.6 is 0 Å². The van der Waals surface area contributed by atoms with Crippen molar-refractivity contribution in [1.82, 2.24) is 14.5 Å². The predicted octanol–water partition coefficient (Wildman–Crippen LogP) is 3.36. The lowest BCUT2D eigenvalue weighted by Crippen LogP contribution is -2.57. The van der Waals surface area contributed by atoms with Gasteiger partial charge in [0.15, 0.2) is 0 Å². The van der Waals surface area contributed by atoms with Crippen LogP contribution < -0.4 is 10.2 Å². The topological polar surface area (TPSA) is 90.0 Å². The van der Waals surface area contributed by atoms with Crippen molar-refractivity contribution in [2.24, 2.45) is 0 Å². The molecule has 37 heavy (non-hydrogen) atoms. The Bertz CT molecular complexity index is 1230. The van der Waals surface area contributed by atoms with E-state index in [2.05, 4.69) is 17.1 Å². The maximum Gasteiger partial charge on any atom is 0.250 e. The molecule has 8 nitrogen and oxygen atoms in total. The summed E-state index contributed by atoms with van der Waals surface area (Å²) in [6.45, 7) is 9.05. The highest BCUT2D eigenvalue weighted by Crippen LogP contribution is 2.40. The number of anilines is 1. The second kappa shape index (κ2) is 10.8. The summed E-state index contributed by atoms with van der Waals surface area (Å²) in [5.74, 6) is -0.279. The Kier molecular flexibility index (Phi) is 7.94. The molecule has 1 spiro atoms. The van der Waals surface area contributed by atoms with Gasteiger partial charge >= 0.3 is 0 Å². The van der Waals surface area contributed by atoms with Crippen molar-refractivity contribution < 1.29 is 18.0 Å². The molecule has 0 radical (unpaired) electrons. The normalized spacial score (nSPS) is 18.0. The van der Waals surface area contributed by atoms with E-state index in [1.54, 1.807) is 4.90 Å². The molecule has 1 N–H and O–H groups in total. The van der Waals surface area contributed by atoms with Gasteiger partial charge in [0.25, 0.3) is 0 Å². The predicted molar refractivity (Wildman–Crippen MR) is 145 cm³/mol. The first kappa shape index (κ1) is 27.1. The highest BCUT2D eigenvalue weighted by atomic mass is 32.2. The second-order valence-electron chi connectivity index (χ2n) is 10.3. The van der Waals surface area contributed by atoms with Crippen LogP contribution in [-0.4, -0.2) is 67.8 Å². The summed E-state index contributed by atoms with van der Waals surface area (Å²) in [4.78, 5) is 30.4. The number of hydrogen-bond donors (Lipinski definition) is 1. The number of sulfonamides is 1. The van der Waals surface area contributed by atoms with Crippen molar-refractivity contribution in [2.75, 3.05) is 37.7 Å². The minimum Gasteiger partial charge on any atom is -0.355 e. The van der Waals surface area contributed by atoms with Gasteiger partial charge in [-0.3, -0.25) is 9.59 Å². The van der Waals surface area contributed by atoms with Gasteiger partial charge in [0.1, 0.15) is 12.1 Å². The summed E-state index contributed by atoms with van der Waals surface area (Å²) in [7, 11) is -3.71. The summed E-state index contributed by atoms with van der Waals surface area (Å²) in [6.07, 6.45) is 2.59. The van der Waals surface area contributed by atoms with E-state index in [9.17, 15) is 18.0 Å². The summed E-state index contributed by atoms with van der Waals surface area (Å²) in [6, 6.07) is 13.5. The van der Waals surface area contributed by atoms with Crippen LogP contribution in [-0.2, 0) is 19.6 Å². The molecule has 9 heteroatoms. The van der Waals surface area contributed by atoms with Crippen LogP contribution in [0.15, 0.2) is 47.4 Å². The number of aryl methyl sites for hydroxylation is 3. The van der Waals surface area contributed by atoms with Crippen molar-refractivity contribution in [3.05, 3.63) is 59.2 Å². The SMILES string of the molecule is CCCCNC(=O)CN1CN(c2ccccc2)C2(CCN(S(=O)(=O)c3c(C)cc(C)cc3C)CC2)C1=O. The summed E-state index contributed by atoms with van der Waals surface area (Å²) < 4.78 is 28.9. The van der Waals surface area contributed by atoms with Gasteiger partial charge < -0.3 is 15.1 Å². The lowest BCUT2D eigenvalue weighted by atomic mass is 9.86. The minimum absolute atomic E-state index is 0.00258. The maximum atomic E-state index is 13.8. The monoisotopic (exact) mass is 526 g/mol. The lowest BCUT2D eigenvalue weighted by Gasteiger charge is -2.43. The Morgan fingerprint density at radius 1 is 1.03 bits per heavy atom. The zero-order valence-corrected chi connectivity index (χ0v) is 23.1. The van der Waals surface area contributed by atoms with Gasteiger partial charge in [0.05, 0.1) is 11.6 Å². The number of carbonyl (C=O) groups excluding carboxylic acids is 2. The second-order valence-corrected chi connectivity index (χ2v) is 12.1. The number of benzene rings is 2. The molecule has 2 heterocycles. The van der Waals surface area contributed by atoms with E-state index in [0.717, 1.165) is 35.2 Å². The Labute approximate surface area is 220 Å². The highest BCUT2D eigenvalue weighted by Gasteiger charge is 2.55. The molecule has 0 saturated carbocycles. The summed E-state index contributed by atoms with van der Waals surface area (Å²) >= 11 is 0. The first-order valence-corrected chi connectivity index (χ1v) is 14.5. The van der Waals surface area contributed by atoms with E-state index in [4.69, 9.17) is 0 Å². The van der Waals surface area contributed by atoms with Crippen LogP contribution in [0.5, 0.6) is 0 Å². The van der Waals surface area contributed by atoms with E-state index in [1.807, 2.05) is 63.2 Å². The Morgan fingerprint density at radius 3 is 2.24 bits per heavy atom. The van der Waals surface area contributed by atoms with E-state index < -0.39 is 15.6 Å². The van der Waals surface area contributed by atoms with Crippen LogP contribution in [0.1, 0.15) is 49.3 Å². The zero-order chi connectivity index (χ0) is 26.8. The molecule has 0 unspecified atom stereocenters. The molecule has 0 aromatic heterocycles. The van der Waals surface area contributed by atoms with Crippen LogP contribution in [0.2, 0.25) is 0 Å². The molecule has 2 aromatic carbocycles. The standard InChI is InChI=1S/C28H38N4O4S/c1-5-6-14-29-25(33)19-30-20-32(24-10-8-7-9-11-24)28(27(30)34)12-15-31(16-13-28)37(35,36)26-22(3)17-21(2)18-23(26)4/h7-11,17-18H,5-6,12-16,19-20H2,1-4H3,(H,29,33). The number of hydrogen-bond acceptors (Lipinski definition) is 5. The van der Waals surface area contributed by atoms with Gasteiger partial charge in [-0.2, -0.15) is 4.31 Å². The fourth-order valence-electron chi connectivity index (χ4n) is 5.76. The summed E-state index contributed by atoms with van der Waals surface area (Å²) in [5, 5.41) is 2.90. The molecular weight excluding hydrogens is 488 g/mol. The minimum atomic E-state index is -3.71. The van der Waals surface area contributed by atoms with Crippen molar-refractivity contribution >= 4 is 27.5 Å². The molecule has 2 fully saturated rings. The molecular formula is C28H38N4O4S. The van der Waals surface area contributed by atoms with Gasteiger partial charge in [-0.25, -0.2) is 8.42 Å². The molecule has 0 aliphatic carbocycles. The van der Waals surface area contributed by atoms with E-state index >= 15 is 0 Å². The Balaban J connectivity index is 1.58. The number of unbranched alkanes of at least 4 members (excludes halogenated alkanes) is 1. The molecule has 2 aliphatic rings. The fourth-order valence-corrected chi connectivity index (χ4v) is 7.61. The van der Waals surface area contributed by atoms with Crippen LogP contribution in [0.3, 0.4) is 0 Å². The van der Waals surface area contributed by atoms with Crippen LogP contribution in [0, 0.1) is 20.8 Å². The number of amides is 2. The van der Waals surface area contributed by atoms with E-state index in [1.165, 1.54) is 4.31 Å². The number of nitrogens with one attached hydrogen (secondary N) is 1. The average Bonchev–Trinajstić information content (AvgIpc) is 3.10. The van der Waals surface area contributed by atoms with Gasteiger partial charge in [-0.1, -0.05) is 49.2 Å². The highest BCUT2D eigenvalue weighted by molar-refractivity contribution is 7.89. The quantitative estimate of drug-likeness (QED) is 0.533. The number of carbonyl (C=O) groups is 2. The molecule has 2 saturated heterocycles. The van der Waals surface area contributed by atoms with E-state index in [0.29, 0.717) is 31.0 Å². The number of rotatable bonds is 8. The van der Waals surface area contributed by atoms with Crippen LogP contribution in [0.4, 0.5) is 5.69 Å². The molecule has 4 rings (SSSR count). The van der Waals surface area contributed by atoms with Gasteiger partial charge in [-0.05, 0) is 63.3 Å². The smallest absolute Gasteiger partial charge is 0.250 e. The van der Waals surface area contributed by atoms with E-state index in [-0.39, 0.29) is 31.4 Å². The van der Waals surface area contributed by atoms with Crippen molar-refractivity contribution in [2.45, 2.75) is 63.8 Å². The van der Waals surface area contributed by atoms with Crippen molar-refractivity contribution in [1.29, 1.82) is 0 Å². The summed E-state index contributed by atoms with van der Waals surface area (Å²) in [5.41, 5.74) is 2.52. The van der Waals surface area contributed by atoms with Crippen molar-refractivity contribution in [3.63, 3.8) is 0 Å². The number of para-hydroxylation sites is 1. The number of piperidine rings is 1. The Morgan fingerprint density at radius 2 is 1.65 bits per heavy atom. The Hall–Kier alpha value is -2.91. The molecule has 2 aromatic rings. The third-order valence-corrected chi connectivity index (χ3v) is 9.73. The van der Waals surface area contributed by atoms with Crippen LogP contribution in [0.25, 0.3) is 0 Å². The third kappa shape index (κ3) is 5.25. The third-order valence-electron chi connectivity index (χ3n) is 7.52. The first-order valence-electron chi connectivity index (χ1n) is 13.1. The van der Waals surface area contributed by atoms with Crippen molar-refractivity contribution in [3.8, 4) is 0 Å². The fraction of sp³-hybridized carbons (Fsp3) is 0.500.